The number of rotatable bonds is 5. The summed E-state index contributed by atoms with van der Waals surface area (Å²) in [5, 5.41) is 0.678. The van der Waals surface area contributed by atoms with Crippen LogP contribution in [0.2, 0.25) is 5.02 Å². The average molecular weight is 400 g/mol. The van der Waals surface area contributed by atoms with Crippen molar-refractivity contribution in [1.29, 1.82) is 0 Å². The average Bonchev–Trinajstić information content (AvgIpc) is 3.00. The molecule has 3 rings (SSSR count). The van der Waals surface area contributed by atoms with Gasteiger partial charge in [0, 0.05) is 18.1 Å². The van der Waals surface area contributed by atoms with Gasteiger partial charge in [-0.15, -0.1) is 0 Å². The Bertz CT molecular complexity index is 759. The Hall–Kier alpha value is -1.27. The van der Waals surface area contributed by atoms with Crippen LogP contribution in [0.5, 0.6) is 5.75 Å². The number of ether oxygens (including phenoxy) is 1. The normalized spacial score (nSPS) is 22.9. The molecule has 2 aliphatic rings. The van der Waals surface area contributed by atoms with Gasteiger partial charge in [-0.2, -0.15) is 0 Å². The molecule has 0 spiro atoms. The molecule has 1 amide bonds. The third-order valence-electron chi connectivity index (χ3n) is 5.52. The van der Waals surface area contributed by atoms with Gasteiger partial charge in [0.15, 0.2) is 16.4 Å². The lowest BCUT2D eigenvalue weighted by Gasteiger charge is -2.26. The fraction of sp³-hybridized carbons (Fsp3) is 0.632. The summed E-state index contributed by atoms with van der Waals surface area (Å²) in [6.45, 7) is -0.0889. The highest BCUT2D eigenvalue weighted by Crippen LogP contribution is 2.38. The van der Waals surface area contributed by atoms with E-state index < -0.39 is 9.84 Å². The Morgan fingerprint density at radius 3 is 2.62 bits per heavy atom. The summed E-state index contributed by atoms with van der Waals surface area (Å²) in [5.41, 5.74) is 1.08. The number of likely N-dealkylation sites (N-methyl/N-ethyl adjacent to an activating group) is 1. The van der Waals surface area contributed by atoms with Gasteiger partial charge < -0.3 is 9.64 Å². The van der Waals surface area contributed by atoms with Gasteiger partial charge in [-0.25, -0.2) is 8.42 Å². The maximum absolute atomic E-state index is 12.4. The second-order valence-corrected chi connectivity index (χ2v) is 10.0. The molecule has 1 atom stereocenters. The van der Waals surface area contributed by atoms with Crippen LogP contribution in [0.4, 0.5) is 0 Å². The quantitative estimate of drug-likeness (QED) is 0.761. The molecular weight excluding hydrogens is 374 g/mol. The number of carbonyl (C=O) groups is 1. The number of carbonyl (C=O) groups excluding carboxylic acids is 1. The lowest BCUT2D eigenvalue weighted by molar-refractivity contribution is -0.133. The smallest absolute Gasteiger partial charge is 0.260 e. The second kappa shape index (κ2) is 8.17. The zero-order chi connectivity index (χ0) is 18.7. The predicted octanol–water partition coefficient (Wildman–Crippen LogP) is 3.41. The van der Waals surface area contributed by atoms with Gasteiger partial charge in [-0.1, -0.05) is 30.9 Å². The van der Waals surface area contributed by atoms with Crippen LogP contribution in [-0.4, -0.2) is 50.4 Å². The zero-order valence-corrected chi connectivity index (χ0v) is 16.7. The van der Waals surface area contributed by atoms with Crippen molar-refractivity contribution < 1.29 is 17.9 Å². The van der Waals surface area contributed by atoms with Crippen molar-refractivity contribution in [2.75, 3.05) is 25.2 Å². The van der Waals surface area contributed by atoms with Crippen LogP contribution < -0.4 is 4.74 Å². The van der Waals surface area contributed by atoms with E-state index in [1.807, 2.05) is 12.1 Å². The van der Waals surface area contributed by atoms with E-state index in [-0.39, 0.29) is 30.1 Å². The Morgan fingerprint density at radius 1 is 1.23 bits per heavy atom. The van der Waals surface area contributed by atoms with Crippen molar-refractivity contribution >= 4 is 27.3 Å². The number of sulfone groups is 1. The minimum absolute atomic E-state index is 0.0451. The minimum atomic E-state index is -3.02. The van der Waals surface area contributed by atoms with E-state index in [1.54, 1.807) is 13.1 Å². The highest BCUT2D eigenvalue weighted by molar-refractivity contribution is 7.91. The highest BCUT2D eigenvalue weighted by Gasteiger charge is 2.33. The number of benzene rings is 1. The Kier molecular flexibility index (Phi) is 6.13. The van der Waals surface area contributed by atoms with Crippen molar-refractivity contribution in [1.82, 2.24) is 4.90 Å². The largest absolute Gasteiger partial charge is 0.483 e. The summed E-state index contributed by atoms with van der Waals surface area (Å²) in [4.78, 5) is 14.0. The van der Waals surface area contributed by atoms with Crippen molar-refractivity contribution in [2.45, 2.75) is 50.5 Å². The monoisotopic (exact) mass is 399 g/mol. The molecule has 1 aliphatic carbocycles. The van der Waals surface area contributed by atoms with E-state index in [0.717, 1.165) is 18.4 Å². The first-order valence-electron chi connectivity index (χ1n) is 9.24. The molecule has 26 heavy (non-hydrogen) atoms. The molecule has 1 heterocycles. The van der Waals surface area contributed by atoms with Crippen LogP contribution in [0.25, 0.3) is 0 Å². The van der Waals surface area contributed by atoms with Crippen LogP contribution in [-0.2, 0) is 14.6 Å². The number of hydrogen-bond acceptors (Lipinski definition) is 4. The molecule has 144 valence electrons. The summed E-state index contributed by atoms with van der Waals surface area (Å²) < 4.78 is 29.1. The summed E-state index contributed by atoms with van der Waals surface area (Å²) >= 11 is 6.17. The highest BCUT2D eigenvalue weighted by atomic mass is 35.5. The topological polar surface area (TPSA) is 63.7 Å². The molecule has 1 aromatic carbocycles. The van der Waals surface area contributed by atoms with E-state index in [0.29, 0.717) is 23.1 Å². The van der Waals surface area contributed by atoms with Crippen LogP contribution >= 0.6 is 11.6 Å². The van der Waals surface area contributed by atoms with Crippen molar-refractivity contribution in [3.05, 3.63) is 28.8 Å². The summed E-state index contributed by atoms with van der Waals surface area (Å²) in [6, 6.07) is 5.31. The van der Waals surface area contributed by atoms with Crippen molar-refractivity contribution in [2.24, 2.45) is 0 Å². The molecule has 7 heteroatoms. The van der Waals surface area contributed by atoms with Crippen LogP contribution in [0.15, 0.2) is 18.2 Å². The van der Waals surface area contributed by atoms with Gasteiger partial charge in [-0.05, 0) is 48.9 Å². The molecule has 0 unspecified atom stereocenters. The number of halogens is 1. The van der Waals surface area contributed by atoms with Crippen LogP contribution in [0.3, 0.4) is 0 Å². The molecule has 1 saturated heterocycles. The van der Waals surface area contributed by atoms with Crippen LogP contribution in [0.1, 0.15) is 50.0 Å². The molecule has 1 aliphatic heterocycles. The molecule has 1 saturated carbocycles. The van der Waals surface area contributed by atoms with E-state index in [4.69, 9.17) is 16.3 Å². The summed E-state index contributed by atoms with van der Waals surface area (Å²) in [6.07, 6.45) is 6.40. The van der Waals surface area contributed by atoms with E-state index in [9.17, 15) is 13.2 Å². The first-order valence-corrected chi connectivity index (χ1v) is 11.4. The predicted molar refractivity (Wildman–Crippen MR) is 103 cm³/mol. The van der Waals surface area contributed by atoms with E-state index in [1.165, 1.54) is 24.2 Å². The molecule has 1 aromatic rings. The van der Waals surface area contributed by atoms with Gasteiger partial charge in [0.2, 0.25) is 0 Å². The first kappa shape index (κ1) is 19.5. The summed E-state index contributed by atoms with van der Waals surface area (Å²) in [7, 11) is -1.36. The van der Waals surface area contributed by atoms with Gasteiger partial charge in [0.1, 0.15) is 5.75 Å². The van der Waals surface area contributed by atoms with Gasteiger partial charge in [-0.3, -0.25) is 4.79 Å². The lowest BCUT2D eigenvalue weighted by atomic mass is 9.84. The third kappa shape index (κ3) is 4.71. The van der Waals surface area contributed by atoms with E-state index in [2.05, 4.69) is 0 Å². The van der Waals surface area contributed by atoms with Gasteiger partial charge in [0.25, 0.3) is 5.91 Å². The Morgan fingerprint density at radius 2 is 1.96 bits per heavy atom. The fourth-order valence-corrected chi connectivity index (χ4v) is 5.86. The third-order valence-corrected chi connectivity index (χ3v) is 7.50. The number of hydrogen-bond donors (Lipinski definition) is 0. The Balaban J connectivity index is 1.64. The maximum atomic E-state index is 12.4. The van der Waals surface area contributed by atoms with Crippen molar-refractivity contribution in [3.63, 3.8) is 0 Å². The van der Waals surface area contributed by atoms with Gasteiger partial charge in [0.05, 0.1) is 11.5 Å². The summed E-state index contributed by atoms with van der Waals surface area (Å²) in [5.74, 6) is 1.13. The Labute approximate surface area is 160 Å². The fourth-order valence-electron chi connectivity index (χ4n) is 3.91. The zero-order valence-electron chi connectivity index (χ0n) is 15.1. The molecule has 5 nitrogen and oxygen atoms in total. The molecule has 0 aromatic heterocycles. The lowest BCUT2D eigenvalue weighted by Crippen LogP contribution is -2.40. The molecular formula is C19H26ClNO4S. The number of amides is 1. The molecule has 0 bridgehead atoms. The first-order chi connectivity index (χ1) is 12.4. The van der Waals surface area contributed by atoms with Crippen LogP contribution in [0, 0.1) is 0 Å². The van der Waals surface area contributed by atoms with E-state index >= 15 is 0 Å². The second-order valence-electron chi connectivity index (χ2n) is 7.37. The SMILES string of the molecule is CN(C(=O)COc1ccc(Cl)cc1C1CCCCC1)[C@@H]1CCS(=O)(=O)C1. The number of nitrogens with zero attached hydrogens (tertiary/aromatic N) is 1. The molecule has 0 N–H and O–H groups in total. The molecule has 2 fully saturated rings. The maximum Gasteiger partial charge on any atom is 0.260 e. The van der Waals surface area contributed by atoms with Gasteiger partial charge >= 0.3 is 0 Å². The van der Waals surface area contributed by atoms with Crippen molar-refractivity contribution in [3.8, 4) is 5.75 Å². The minimum Gasteiger partial charge on any atom is -0.483 e. The molecule has 0 radical (unpaired) electrons. The standard InChI is InChI=1S/C19H26ClNO4S/c1-21(16-9-10-26(23,24)13-16)19(22)12-25-18-8-7-15(20)11-17(18)14-5-3-2-4-6-14/h7-8,11,14,16H,2-6,9-10,12-13H2,1H3/t16-/m1/s1.